The van der Waals surface area contributed by atoms with Crippen molar-refractivity contribution in [3.8, 4) is 17.3 Å². The Morgan fingerprint density at radius 2 is 1.44 bits per heavy atom. The number of anilines is 2. The molecule has 0 unspecified atom stereocenters. The Morgan fingerprint density at radius 1 is 0.781 bits per heavy atom. The van der Waals surface area contributed by atoms with Crippen molar-refractivity contribution in [3.63, 3.8) is 0 Å². The molecule has 8 heteroatoms. The minimum atomic E-state index is -0.323. The van der Waals surface area contributed by atoms with Crippen molar-refractivity contribution in [2.45, 2.75) is 0 Å². The molecule has 0 aliphatic rings. The predicted molar refractivity (Wildman–Crippen MR) is 122 cm³/mol. The van der Waals surface area contributed by atoms with Gasteiger partial charge in [0.1, 0.15) is 17.5 Å². The Balaban J connectivity index is 1.30. The normalized spacial score (nSPS) is 10.6. The Kier molecular flexibility index (Phi) is 5.15. The number of nitrogens with zero attached hydrogens (tertiary/aromatic N) is 4. The largest absolute Gasteiger partial charge is 0.438 e. The van der Waals surface area contributed by atoms with Gasteiger partial charge in [0.05, 0.1) is 11.9 Å². The molecule has 0 bridgehead atoms. The summed E-state index contributed by atoms with van der Waals surface area (Å²) in [5.74, 6) is 0.978. The molecular weight excluding hydrogens is 404 g/mol. The fraction of sp³-hybridized carbons (Fsp3) is 0. The standard InChI is InChI=1S/C24H18N6O2/c31-24(28-17-7-3-1-4-8-17)29-18-11-13-20(14-12-18)32-23-21-15-27-30(22(21)25-16-26-23)19-9-5-2-6-10-19/h1-16H,(H2,28,29,31). The van der Waals surface area contributed by atoms with Gasteiger partial charge in [-0.3, -0.25) is 0 Å². The molecule has 32 heavy (non-hydrogen) atoms. The van der Waals surface area contributed by atoms with E-state index in [9.17, 15) is 4.79 Å². The van der Waals surface area contributed by atoms with Crippen molar-refractivity contribution in [1.82, 2.24) is 19.7 Å². The van der Waals surface area contributed by atoms with E-state index in [-0.39, 0.29) is 6.03 Å². The van der Waals surface area contributed by atoms with E-state index in [2.05, 4.69) is 25.7 Å². The van der Waals surface area contributed by atoms with E-state index < -0.39 is 0 Å². The van der Waals surface area contributed by atoms with E-state index in [1.54, 1.807) is 35.1 Å². The van der Waals surface area contributed by atoms with Gasteiger partial charge in [0.25, 0.3) is 0 Å². The number of hydrogen-bond donors (Lipinski definition) is 2. The molecule has 0 aliphatic heterocycles. The number of para-hydroxylation sites is 2. The molecule has 8 nitrogen and oxygen atoms in total. The van der Waals surface area contributed by atoms with Crippen LogP contribution in [0.2, 0.25) is 0 Å². The average Bonchev–Trinajstić information content (AvgIpc) is 3.27. The highest BCUT2D eigenvalue weighted by Crippen LogP contribution is 2.28. The number of urea groups is 1. The first-order valence-electron chi connectivity index (χ1n) is 9.91. The van der Waals surface area contributed by atoms with Crippen molar-refractivity contribution in [2.24, 2.45) is 0 Å². The molecule has 5 rings (SSSR count). The van der Waals surface area contributed by atoms with Crippen molar-refractivity contribution in [3.05, 3.63) is 97.5 Å². The van der Waals surface area contributed by atoms with Crippen molar-refractivity contribution in [2.75, 3.05) is 10.6 Å². The van der Waals surface area contributed by atoms with Crippen LogP contribution >= 0.6 is 0 Å². The van der Waals surface area contributed by atoms with Crippen molar-refractivity contribution in [1.29, 1.82) is 0 Å². The summed E-state index contributed by atoms with van der Waals surface area (Å²) in [6, 6.07) is 25.7. The maximum atomic E-state index is 12.1. The predicted octanol–water partition coefficient (Wildman–Crippen LogP) is 5.25. The van der Waals surface area contributed by atoms with Crippen LogP contribution < -0.4 is 15.4 Å². The second-order valence-electron chi connectivity index (χ2n) is 6.88. The third-order valence-electron chi connectivity index (χ3n) is 4.69. The van der Waals surface area contributed by atoms with Gasteiger partial charge >= 0.3 is 6.03 Å². The molecule has 0 radical (unpaired) electrons. The second-order valence-corrected chi connectivity index (χ2v) is 6.88. The maximum Gasteiger partial charge on any atom is 0.323 e. The number of carbonyl (C=O) groups excluding carboxylic acids is 1. The molecule has 0 fully saturated rings. The smallest absolute Gasteiger partial charge is 0.323 e. The molecule has 3 aromatic carbocycles. The fourth-order valence-electron chi connectivity index (χ4n) is 3.19. The van der Waals surface area contributed by atoms with Crippen molar-refractivity contribution < 1.29 is 9.53 Å². The molecule has 2 aromatic heterocycles. The highest BCUT2D eigenvalue weighted by molar-refractivity contribution is 5.99. The van der Waals surface area contributed by atoms with Gasteiger partial charge in [-0.2, -0.15) is 5.10 Å². The quantitative estimate of drug-likeness (QED) is 0.403. The first-order chi connectivity index (χ1) is 15.8. The monoisotopic (exact) mass is 422 g/mol. The Bertz CT molecular complexity index is 1350. The number of rotatable bonds is 5. The van der Waals surface area contributed by atoms with Gasteiger partial charge in [-0.05, 0) is 48.5 Å². The second kappa shape index (κ2) is 8.57. The summed E-state index contributed by atoms with van der Waals surface area (Å²) >= 11 is 0. The summed E-state index contributed by atoms with van der Waals surface area (Å²) in [5.41, 5.74) is 2.90. The summed E-state index contributed by atoms with van der Waals surface area (Å²) in [6.07, 6.45) is 3.13. The van der Waals surface area contributed by atoms with Crippen LogP contribution in [0, 0.1) is 0 Å². The first-order valence-corrected chi connectivity index (χ1v) is 9.91. The summed E-state index contributed by atoms with van der Waals surface area (Å²) in [7, 11) is 0. The molecule has 2 heterocycles. The maximum absolute atomic E-state index is 12.1. The van der Waals surface area contributed by atoms with Crippen LogP contribution in [0.25, 0.3) is 16.7 Å². The summed E-state index contributed by atoms with van der Waals surface area (Å²) in [6.45, 7) is 0. The summed E-state index contributed by atoms with van der Waals surface area (Å²) in [4.78, 5) is 20.8. The van der Waals surface area contributed by atoms with Gasteiger partial charge in [-0.1, -0.05) is 36.4 Å². The molecular formula is C24H18N6O2. The highest BCUT2D eigenvalue weighted by atomic mass is 16.5. The van der Waals surface area contributed by atoms with Crippen LogP contribution in [0.4, 0.5) is 16.2 Å². The molecule has 156 valence electrons. The Hall–Kier alpha value is -4.72. The number of ether oxygens (including phenoxy) is 1. The SMILES string of the molecule is O=C(Nc1ccccc1)Nc1ccc(Oc2ncnc3c2cnn3-c2ccccc2)cc1. The number of amides is 2. The highest BCUT2D eigenvalue weighted by Gasteiger charge is 2.13. The molecule has 0 spiro atoms. The van der Waals surface area contributed by atoms with Gasteiger partial charge in [0.15, 0.2) is 5.65 Å². The zero-order valence-corrected chi connectivity index (χ0v) is 16.8. The number of hydrogen-bond acceptors (Lipinski definition) is 5. The average molecular weight is 422 g/mol. The van der Waals surface area contributed by atoms with Crippen LogP contribution in [-0.4, -0.2) is 25.8 Å². The van der Waals surface area contributed by atoms with E-state index in [4.69, 9.17) is 4.74 Å². The van der Waals surface area contributed by atoms with E-state index in [0.29, 0.717) is 34.0 Å². The van der Waals surface area contributed by atoms with Crippen LogP contribution in [-0.2, 0) is 0 Å². The lowest BCUT2D eigenvalue weighted by Gasteiger charge is -2.09. The third kappa shape index (κ3) is 4.10. The minimum Gasteiger partial charge on any atom is -0.438 e. The fourth-order valence-corrected chi connectivity index (χ4v) is 3.19. The molecule has 5 aromatic rings. The lowest BCUT2D eigenvalue weighted by Crippen LogP contribution is -2.19. The van der Waals surface area contributed by atoms with Crippen LogP contribution in [0.15, 0.2) is 97.5 Å². The zero-order chi connectivity index (χ0) is 21.8. The van der Waals surface area contributed by atoms with Gasteiger partial charge in [-0.25, -0.2) is 19.4 Å². The summed E-state index contributed by atoms with van der Waals surface area (Å²) < 4.78 is 7.70. The van der Waals surface area contributed by atoms with Gasteiger partial charge in [-0.15, -0.1) is 0 Å². The molecule has 0 saturated heterocycles. The Labute approximate surface area is 183 Å². The lowest BCUT2D eigenvalue weighted by atomic mass is 10.3. The lowest BCUT2D eigenvalue weighted by molar-refractivity contribution is 0.262. The Morgan fingerprint density at radius 3 is 2.16 bits per heavy atom. The number of aromatic nitrogens is 4. The van der Waals surface area contributed by atoms with Crippen LogP contribution in [0.1, 0.15) is 0 Å². The van der Waals surface area contributed by atoms with Gasteiger partial charge < -0.3 is 15.4 Å². The number of carbonyl (C=O) groups is 1. The molecule has 0 aliphatic carbocycles. The topological polar surface area (TPSA) is 94.0 Å². The number of benzene rings is 3. The third-order valence-corrected chi connectivity index (χ3v) is 4.69. The first kappa shape index (κ1) is 19.3. The van der Waals surface area contributed by atoms with Crippen LogP contribution in [0.5, 0.6) is 11.6 Å². The molecule has 0 atom stereocenters. The minimum absolute atomic E-state index is 0.323. The van der Waals surface area contributed by atoms with Crippen molar-refractivity contribution >= 4 is 28.4 Å². The van der Waals surface area contributed by atoms with E-state index in [1.165, 1.54) is 6.33 Å². The molecule has 2 amide bonds. The number of fused-ring (bicyclic) bond motifs is 1. The van der Waals surface area contributed by atoms with E-state index in [0.717, 1.165) is 5.69 Å². The molecule has 2 N–H and O–H groups in total. The van der Waals surface area contributed by atoms with Gasteiger partial charge in [0.2, 0.25) is 5.88 Å². The zero-order valence-electron chi connectivity index (χ0n) is 16.8. The molecule has 0 saturated carbocycles. The number of nitrogens with one attached hydrogen (secondary N) is 2. The van der Waals surface area contributed by atoms with E-state index in [1.807, 2.05) is 60.7 Å². The van der Waals surface area contributed by atoms with Gasteiger partial charge in [0, 0.05) is 11.4 Å². The summed E-state index contributed by atoms with van der Waals surface area (Å²) in [5, 5.41) is 10.7. The van der Waals surface area contributed by atoms with Crippen LogP contribution in [0.3, 0.4) is 0 Å². The van der Waals surface area contributed by atoms with E-state index >= 15 is 0 Å².